The minimum Gasteiger partial charge on any atom is -0.444 e. The summed E-state index contributed by atoms with van der Waals surface area (Å²) in [5.41, 5.74) is 1.93. The predicted octanol–water partition coefficient (Wildman–Crippen LogP) is 2.55. The van der Waals surface area contributed by atoms with E-state index in [0.717, 1.165) is 6.42 Å². The molecule has 26 heavy (non-hydrogen) atoms. The summed E-state index contributed by atoms with van der Waals surface area (Å²) in [6, 6.07) is 8.04. The SMILES string of the molecule is CN[C@@H](CCCNC(=O)OC(C)(C)C)C(=O)NCCc1ccc(C)cc1. The summed E-state index contributed by atoms with van der Waals surface area (Å²) in [5.74, 6) is -0.0168. The van der Waals surface area contributed by atoms with E-state index in [1.807, 2.05) is 20.8 Å². The van der Waals surface area contributed by atoms with E-state index in [2.05, 4.69) is 47.1 Å². The lowest BCUT2D eigenvalue weighted by Crippen LogP contribution is -2.43. The second-order valence-electron chi connectivity index (χ2n) is 7.44. The Labute approximate surface area is 157 Å². The fraction of sp³-hybridized carbons (Fsp3) is 0.600. The third-order valence-electron chi connectivity index (χ3n) is 3.84. The lowest BCUT2D eigenvalue weighted by molar-refractivity contribution is -0.123. The van der Waals surface area contributed by atoms with E-state index in [0.29, 0.717) is 25.9 Å². The van der Waals surface area contributed by atoms with Gasteiger partial charge in [-0.15, -0.1) is 0 Å². The van der Waals surface area contributed by atoms with Gasteiger partial charge in [-0.05, 0) is 59.6 Å². The largest absolute Gasteiger partial charge is 0.444 e. The normalized spacial score (nSPS) is 12.3. The van der Waals surface area contributed by atoms with Crippen LogP contribution in [0.1, 0.15) is 44.7 Å². The van der Waals surface area contributed by atoms with Crippen LogP contribution in [0.3, 0.4) is 0 Å². The Kier molecular flexibility index (Phi) is 9.13. The van der Waals surface area contributed by atoms with E-state index in [-0.39, 0.29) is 11.9 Å². The number of likely N-dealkylation sites (N-methyl/N-ethyl adjacent to an activating group) is 1. The van der Waals surface area contributed by atoms with Gasteiger partial charge in [-0.1, -0.05) is 29.8 Å². The number of rotatable bonds is 9. The molecule has 0 aliphatic rings. The van der Waals surface area contributed by atoms with Crippen LogP contribution in [0.2, 0.25) is 0 Å². The number of benzene rings is 1. The molecule has 0 bridgehead atoms. The Morgan fingerprint density at radius 1 is 1.08 bits per heavy atom. The number of alkyl carbamates (subject to hydrolysis) is 1. The second kappa shape index (κ2) is 10.8. The number of hydrogen-bond acceptors (Lipinski definition) is 4. The average Bonchev–Trinajstić information content (AvgIpc) is 2.55. The third-order valence-corrected chi connectivity index (χ3v) is 3.84. The number of ether oxygens (including phenoxy) is 1. The molecule has 6 nitrogen and oxygen atoms in total. The van der Waals surface area contributed by atoms with Crippen molar-refractivity contribution in [2.24, 2.45) is 0 Å². The molecule has 0 radical (unpaired) electrons. The maximum atomic E-state index is 12.2. The molecule has 1 aromatic rings. The van der Waals surface area contributed by atoms with Gasteiger partial charge in [0, 0.05) is 13.1 Å². The maximum absolute atomic E-state index is 12.2. The highest BCUT2D eigenvalue weighted by molar-refractivity contribution is 5.81. The molecule has 0 unspecified atom stereocenters. The lowest BCUT2D eigenvalue weighted by atomic mass is 10.1. The number of carbonyl (C=O) groups excluding carboxylic acids is 2. The highest BCUT2D eigenvalue weighted by Gasteiger charge is 2.17. The smallest absolute Gasteiger partial charge is 0.407 e. The van der Waals surface area contributed by atoms with Crippen molar-refractivity contribution in [3.05, 3.63) is 35.4 Å². The van der Waals surface area contributed by atoms with Gasteiger partial charge in [0.15, 0.2) is 0 Å². The Morgan fingerprint density at radius 3 is 2.31 bits per heavy atom. The Balaban J connectivity index is 2.24. The topological polar surface area (TPSA) is 79.5 Å². The van der Waals surface area contributed by atoms with Crippen molar-refractivity contribution >= 4 is 12.0 Å². The number of hydrogen-bond donors (Lipinski definition) is 3. The van der Waals surface area contributed by atoms with Crippen LogP contribution in [0.4, 0.5) is 4.79 Å². The predicted molar refractivity (Wildman–Crippen MR) is 104 cm³/mol. The molecule has 0 aromatic heterocycles. The van der Waals surface area contributed by atoms with Gasteiger partial charge in [-0.2, -0.15) is 0 Å². The molecule has 6 heteroatoms. The van der Waals surface area contributed by atoms with Crippen molar-refractivity contribution in [1.82, 2.24) is 16.0 Å². The monoisotopic (exact) mass is 363 g/mol. The van der Waals surface area contributed by atoms with Crippen LogP contribution < -0.4 is 16.0 Å². The molecule has 146 valence electrons. The number of amides is 2. The molecule has 1 atom stereocenters. The molecule has 0 saturated carbocycles. The molecule has 0 fully saturated rings. The van der Waals surface area contributed by atoms with Crippen LogP contribution in [-0.2, 0) is 16.0 Å². The van der Waals surface area contributed by atoms with Gasteiger partial charge in [0.1, 0.15) is 5.60 Å². The fourth-order valence-corrected chi connectivity index (χ4v) is 2.43. The van der Waals surface area contributed by atoms with Crippen molar-refractivity contribution in [2.75, 3.05) is 20.1 Å². The first-order valence-electron chi connectivity index (χ1n) is 9.18. The van der Waals surface area contributed by atoms with E-state index in [1.54, 1.807) is 7.05 Å². The summed E-state index contributed by atoms with van der Waals surface area (Å²) in [7, 11) is 1.77. The van der Waals surface area contributed by atoms with E-state index in [1.165, 1.54) is 11.1 Å². The summed E-state index contributed by atoms with van der Waals surface area (Å²) >= 11 is 0. The molecule has 3 N–H and O–H groups in total. The summed E-state index contributed by atoms with van der Waals surface area (Å²) in [5, 5.41) is 8.70. The maximum Gasteiger partial charge on any atom is 0.407 e. The zero-order chi connectivity index (χ0) is 19.6. The Bertz CT molecular complexity index is 565. The van der Waals surface area contributed by atoms with Crippen LogP contribution in [0.15, 0.2) is 24.3 Å². The summed E-state index contributed by atoms with van der Waals surface area (Å²) in [4.78, 5) is 23.8. The molecule has 0 aliphatic heterocycles. The third kappa shape index (κ3) is 9.42. The van der Waals surface area contributed by atoms with Gasteiger partial charge < -0.3 is 20.7 Å². The van der Waals surface area contributed by atoms with Gasteiger partial charge in [0.25, 0.3) is 0 Å². The first kappa shape index (κ1) is 22.0. The van der Waals surface area contributed by atoms with Crippen molar-refractivity contribution < 1.29 is 14.3 Å². The summed E-state index contributed by atoms with van der Waals surface area (Å²) < 4.78 is 5.18. The molecule has 2 amide bonds. The summed E-state index contributed by atoms with van der Waals surface area (Å²) in [6.45, 7) is 8.61. The van der Waals surface area contributed by atoms with Crippen molar-refractivity contribution in [1.29, 1.82) is 0 Å². The van der Waals surface area contributed by atoms with Crippen LogP contribution in [0.5, 0.6) is 0 Å². The fourth-order valence-electron chi connectivity index (χ4n) is 2.43. The zero-order valence-electron chi connectivity index (χ0n) is 16.6. The first-order valence-corrected chi connectivity index (χ1v) is 9.18. The van der Waals surface area contributed by atoms with Crippen LogP contribution in [0.25, 0.3) is 0 Å². The average molecular weight is 364 g/mol. The quantitative estimate of drug-likeness (QED) is 0.589. The molecular weight excluding hydrogens is 330 g/mol. The van der Waals surface area contributed by atoms with Crippen LogP contribution in [0, 0.1) is 6.92 Å². The molecular formula is C20H33N3O3. The van der Waals surface area contributed by atoms with E-state index >= 15 is 0 Å². The second-order valence-corrected chi connectivity index (χ2v) is 7.44. The van der Waals surface area contributed by atoms with Gasteiger partial charge in [0.05, 0.1) is 6.04 Å². The van der Waals surface area contributed by atoms with Gasteiger partial charge in [-0.3, -0.25) is 4.79 Å². The van der Waals surface area contributed by atoms with Crippen LogP contribution in [-0.4, -0.2) is 43.8 Å². The van der Waals surface area contributed by atoms with Gasteiger partial charge in [-0.25, -0.2) is 4.79 Å². The number of nitrogens with one attached hydrogen (secondary N) is 3. The Morgan fingerprint density at radius 2 is 1.73 bits per heavy atom. The standard InChI is InChI=1S/C20H33N3O3/c1-15-8-10-16(11-9-15)12-14-22-18(24)17(21-5)7-6-13-23-19(25)26-20(2,3)4/h8-11,17,21H,6-7,12-14H2,1-5H3,(H,22,24)(H,23,25)/t17-/m0/s1. The van der Waals surface area contributed by atoms with Crippen LogP contribution >= 0.6 is 0 Å². The summed E-state index contributed by atoms with van der Waals surface area (Å²) in [6.07, 6.45) is 1.71. The number of aryl methyl sites for hydroxylation is 1. The number of carbonyl (C=O) groups is 2. The minimum absolute atomic E-state index is 0.0168. The van der Waals surface area contributed by atoms with Gasteiger partial charge >= 0.3 is 6.09 Å². The van der Waals surface area contributed by atoms with E-state index in [9.17, 15) is 9.59 Å². The highest BCUT2D eigenvalue weighted by Crippen LogP contribution is 2.06. The van der Waals surface area contributed by atoms with Crippen molar-refractivity contribution in [3.8, 4) is 0 Å². The van der Waals surface area contributed by atoms with E-state index < -0.39 is 11.7 Å². The molecule has 1 aromatic carbocycles. The van der Waals surface area contributed by atoms with Gasteiger partial charge in [0.2, 0.25) is 5.91 Å². The highest BCUT2D eigenvalue weighted by atomic mass is 16.6. The van der Waals surface area contributed by atoms with Crippen molar-refractivity contribution in [2.45, 2.75) is 58.6 Å². The van der Waals surface area contributed by atoms with Crippen molar-refractivity contribution in [3.63, 3.8) is 0 Å². The molecule has 0 saturated heterocycles. The molecule has 0 spiro atoms. The molecule has 0 heterocycles. The Hall–Kier alpha value is -2.08. The lowest BCUT2D eigenvalue weighted by Gasteiger charge is -2.20. The minimum atomic E-state index is -0.505. The first-order chi connectivity index (χ1) is 12.2. The van der Waals surface area contributed by atoms with E-state index in [4.69, 9.17) is 4.74 Å². The molecule has 0 aliphatic carbocycles. The zero-order valence-corrected chi connectivity index (χ0v) is 16.6. The molecule has 1 rings (SSSR count).